The van der Waals surface area contributed by atoms with Crippen molar-refractivity contribution >= 4 is 17.7 Å². The van der Waals surface area contributed by atoms with Gasteiger partial charge >= 0.3 is 0 Å². The van der Waals surface area contributed by atoms with E-state index in [4.69, 9.17) is 4.74 Å². The summed E-state index contributed by atoms with van der Waals surface area (Å²) in [7, 11) is 0. The molecule has 3 saturated heterocycles. The Morgan fingerprint density at radius 1 is 0.978 bits per heavy atom. The first-order chi connectivity index (χ1) is 22.3. The molecule has 1 saturated carbocycles. The molecule has 244 valence electrons. The highest BCUT2D eigenvalue weighted by Gasteiger charge is 2.79. The van der Waals surface area contributed by atoms with Crippen LogP contribution in [0.1, 0.15) is 69.0 Å². The number of carbonyl (C=O) groups excluding carboxylic acids is 3. The molecule has 46 heavy (non-hydrogen) atoms. The van der Waals surface area contributed by atoms with Gasteiger partial charge in [-0.25, -0.2) is 0 Å². The van der Waals surface area contributed by atoms with Crippen LogP contribution in [0, 0.1) is 11.8 Å². The topological polar surface area (TPSA) is 90.4 Å². The summed E-state index contributed by atoms with van der Waals surface area (Å²) in [5.41, 5.74) is -0.382. The molecule has 8 nitrogen and oxygen atoms in total. The van der Waals surface area contributed by atoms with Crippen molar-refractivity contribution in [3.63, 3.8) is 0 Å². The Hall–Kier alpha value is -3.75. The van der Waals surface area contributed by atoms with Crippen molar-refractivity contribution in [3.05, 3.63) is 97.1 Å². The zero-order valence-corrected chi connectivity index (χ0v) is 26.9. The minimum absolute atomic E-state index is 0.0385. The van der Waals surface area contributed by atoms with Gasteiger partial charge in [-0.05, 0) is 43.7 Å². The third-order valence-corrected chi connectivity index (χ3v) is 10.9. The van der Waals surface area contributed by atoms with Gasteiger partial charge in [0.1, 0.15) is 11.6 Å². The lowest BCUT2D eigenvalue weighted by atomic mass is 9.66. The average molecular weight is 626 g/mol. The average Bonchev–Trinajstić information content (AvgIpc) is 3.65. The van der Waals surface area contributed by atoms with Crippen LogP contribution in [0.2, 0.25) is 0 Å². The van der Waals surface area contributed by atoms with Gasteiger partial charge in [0.15, 0.2) is 0 Å². The lowest BCUT2D eigenvalue weighted by molar-refractivity contribution is -0.158. The highest BCUT2D eigenvalue weighted by molar-refractivity contribution is 5.99. The second-order valence-corrected chi connectivity index (χ2v) is 13.6. The van der Waals surface area contributed by atoms with E-state index in [2.05, 4.69) is 13.2 Å². The van der Waals surface area contributed by atoms with E-state index in [1.165, 1.54) is 0 Å². The molecule has 1 aliphatic carbocycles. The number of ether oxygens (including phenoxy) is 1. The van der Waals surface area contributed by atoms with Crippen molar-refractivity contribution in [2.24, 2.45) is 11.8 Å². The summed E-state index contributed by atoms with van der Waals surface area (Å²) >= 11 is 0. The third kappa shape index (κ3) is 5.39. The second-order valence-electron chi connectivity index (χ2n) is 13.6. The molecule has 6 atom stereocenters. The number of aliphatic hydroxyl groups is 1. The summed E-state index contributed by atoms with van der Waals surface area (Å²) in [6, 6.07) is 17.4. The highest BCUT2D eigenvalue weighted by Crippen LogP contribution is 2.64. The van der Waals surface area contributed by atoms with Crippen molar-refractivity contribution in [1.29, 1.82) is 0 Å². The molecule has 3 aliphatic heterocycles. The van der Waals surface area contributed by atoms with Gasteiger partial charge in [0.25, 0.3) is 0 Å². The summed E-state index contributed by atoms with van der Waals surface area (Å²) in [6.45, 7) is 10.5. The fourth-order valence-electron chi connectivity index (χ4n) is 8.88. The molecular formula is C38H47N3O5. The lowest BCUT2D eigenvalue weighted by Crippen LogP contribution is -2.59. The number of amides is 3. The van der Waals surface area contributed by atoms with Gasteiger partial charge in [-0.2, -0.15) is 0 Å². The van der Waals surface area contributed by atoms with Crippen LogP contribution in [0.5, 0.6) is 0 Å². The van der Waals surface area contributed by atoms with Crippen molar-refractivity contribution in [2.75, 3.05) is 19.7 Å². The lowest BCUT2D eigenvalue weighted by Gasteiger charge is -2.42. The first kappa shape index (κ1) is 32.2. The molecule has 0 aromatic heterocycles. The van der Waals surface area contributed by atoms with Gasteiger partial charge in [-0.15, -0.1) is 13.2 Å². The smallest absolute Gasteiger partial charge is 0.248 e. The molecule has 2 aromatic rings. The molecule has 2 bridgehead atoms. The van der Waals surface area contributed by atoms with Crippen LogP contribution < -0.4 is 0 Å². The number of benzene rings is 2. The van der Waals surface area contributed by atoms with E-state index in [-0.39, 0.29) is 30.4 Å². The summed E-state index contributed by atoms with van der Waals surface area (Å²) < 4.78 is 6.97. The fourth-order valence-corrected chi connectivity index (χ4v) is 8.88. The van der Waals surface area contributed by atoms with Crippen molar-refractivity contribution in [2.45, 2.75) is 87.7 Å². The van der Waals surface area contributed by atoms with Crippen LogP contribution in [-0.2, 0) is 25.7 Å². The van der Waals surface area contributed by atoms with Crippen molar-refractivity contribution in [3.8, 4) is 0 Å². The predicted molar refractivity (Wildman–Crippen MR) is 176 cm³/mol. The molecule has 2 unspecified atom stereocenters. The van der Waals surface area contributed by atoms with Gasteiger partial charge in [0.05, 0.1) is 30.1 Å². The minimum Gasteiger partial charge on any atom is -0.394 e. The molecule has 4 aliphatic rings. The van der Waals surface area contributed by atoms with E-state index in [9.17, 15) is 14.7 Å². The normalized spacial score (nSPS) is 29.3. The molecule has 3 amide bonds. The van der Waals surface area contributed by atoms with Crippen LogP contribution in [0.3, 0.4) is 0 Å². The van der Waals surface area contributed by atoms with Gasteiger partial charge in [0.2, 0.25) is 17.7 Å². The van der Waals surface area contributed by atoms with E-state index >= 15 is 4.79 Å². The van der Waals surface area contributed by atoms with Gasteiger partial charge in [0, 0.05) is 25.7 Å². The molecule has 1 N–H and O–H groups in total. The Kier molecular flexibility index (Phi) is 9.22. The largest absolute Gasteiger partial charge is 0.394 e. The number of carbonyl (C=O) groups is 3. The molecule has 6 rings (SSSR count). The Bertz CT molecular complexity index is 1440. The molecule has 1 spiro atoms. The van der Waals surface area contributed by atoms with Crippen molar-refractivity contribution < 1.29 is 24.2 Å². The number of likely N-dealkylation sites (tertiary alicyclic amines) is 1. The number of hydrogen-bond acceptors (Lipinski definition) is 5. The quantitative estimate of drug-likeness (QED) is 0.334. The summed E-state index contributed by atoms with van der Waals surface area (Å²) in [4.78, 5) is 49.9. The monoisotopic (exact) mass is 625 g/mol. The van der Waals surface area contributed by atoms with Crippen LogP contribution in [0.25, 0.3) is 0 Å². The molecule has 0 radical (unpaired) electrons. The van der Waals surface area contributed by atoms with E-state index < -0.39 is 35.1 Å². The van der Waals surface area contributed by atoms with Gasteiger partial charge in [-0.1, -0.05) is 92.1 Å². The molecular weight excluding hydrogens is 578 g/mol. The Balaban J connectivity index is 1.44. The van der Waals surface area contributed by atoms with E-state index in [0.717, 1.165) is 43.2 Å². The summed E-state index contributed by atoms with van der Waals surface area (Å²) in [5, 5.41) is 10.9. The number of aliphatic hydroxyl groups excluding tert-OH is 1. The maximum atomic E-state index is 15.0. The molecule has 8 heteroatoms. The van der Waals surface area contributed by atoms with Crippen LogP contribution in [0.15, 0.2) is 86.0 Å². The standard InChI is InChI=1S/C38H47N3O5/c1-4-23-39(25-27-15-9-6-10-16-27)34(43)31-32-35(44)41(30(26-42)28-17-11-7-12-18-28)33(38(32)22-21-37(31,3)46-38)36(45)40(24-5-2)29-19-13-8-14-20-29/h4-7,9-12,15-18,29-33,42H,1-2,8,13-14,19-26H2,3H3/t30-,31-,32+,33?,37+,38?/m1/s1. The number of fused-ring (bicyclic) bond motifs is 1. The van der Waals surface area contributed by atoms with Gasteiger partial charge < -0.3 is 24.5 Å². The Morgan fingerprint density at radius 2 is 1.63 bits per heavy atom. The minimum atomic E-state index is -1.19. The van der Waals surface area contributed by atoms with Crippen LogP contribution in [0.4, 0.5) is 0 Å². The second kappa shape index (κ2) is 13.2. The molecule has 4 fully saturated rings. The van der Waals surface area contributed by atoms with E-state index in [1.807, 2.05) is 72.5 Å². The van der Waals surface area contributed by atoms with E-state index in [1.54, 1.807) is 22.0 Å². The maximum Gasteiger partial charge on any atom is 0.248 e. The summed E-state index contributed by atoms with van der Waals surface area (Å²) in [5.74, 6) is -2.29. The first-order valence-electron chi connectivity index (χ1n) is 16.8. The third-order valence-electron chi connectivity index (χ3n) is 10.9. The first-order valence-corrected chi connectivity index (χ1v) is 16.8. The van der Waals surface area contributed by atoms with E-state index in [0.29, 0.717) is 32.5 Å². The predicted octanol–water partition coefficient (Wildman–Crippen LogP) is 5.05. The zero-order valence-electron chi connectivity index (χ0n) is 26.9. The Morgan fingerprint density at radius 3 is 2.26 bits per heavy atom. The number of hydrogen-bond donors (Lipinski definition) is 1. The molecule has 2 aromatic carbocycles. The van der Waals surface area contributed by atoms with Crippen molar-refractivity contribution in [1.82, 2.24) is 14.7 Å². The fraction of sp³-hybridized carbons (Fsp3) is 0.500. The Labute approximate surface area is 272 Å². The van der Waals surface area contributed by atoms with Crippen LogP contribution in [-0.4, -0.2) is 80.5 Å². The SMILES string of the molecule is C=CCN(Cc1ccccc1)C(=O)[C@H]1[C@H]2C(=O)N([C@H](CO)c3ccccc3)C(C(=O)N(CC=C)C3CCCCC3)C23CC[C@]1(C)O3. The maximum absolute atomic E-state index is 15.0. The zero-order chi connectivity index (χ0) is 32.5. The highest BCUT2D eigenvalue weighted by atomic mass is 16.5. The summed E-state index contributed by atoms with van der Waals surface area (Å²) in [6.07, 6.45) is 9.51. The van der Waals surface area contributed by atoms with Crippen LogP contribution >= 0.6 is 0 Å². The molecule has 3 heterocycles. The van der Waals surface area contributed by atoms with Gasteiger partial charge in [-0.3, -0.25) is 14.4 Å². The number of rotatable bonds is 12. The number of nitrogens with zero attached hydrogens (tertiary/aromatic N) is 3.